The number of aromatic nitrogens is 1. The summed E-state index contributed by atoms with van der Waals surface area (Å²) in [6.07, 6.45) is 3.83. The van der Waals surface area contributed by atoms with Gasteiger partial charge in [0.1, 0.15) is 5.82 Å². The van der Waals surface area contributed by atoms with Crippen molar-refractivity contribution in [2.24, 2.45) is 0 Å². The lowest BCUT2D eigenvalue weighted by molar-refractivity contribution is -0.133. The van der Waals surface area contributed by atoms with Crippen molar-refractivity contribution in [2.75, 3.05) is 13.1 Å². The first-order chi connectivity index (χ1) is 12.1. The van der Waals surface area contributed by atoms with E-state index in [1.807, 2.05) is 15.9 Å². The average Bonchev–Trinajstić information content (AvgIpc) is 3.20. The molecule has 1 aromatic carbocycles. The molecule has 2 saturated heterocycles. The van der Waals surface area contributed by atoms with Crippen molar-refractivity contribution in [1.82, 2.24) is 14.2 Å². The fraction of sp³-hybridized carbons (Fsp3) is 0.389. The van der Waals surface area contributed by atoms with Gasteiger partial charge in [-0.25, -0.2) is 8.76 Å². The van der Waals surface area contributed by atoms with Crippen LogP contribution in [0.5, 0.6) is 0 Å². The summed E-state index contributed by atoms with van der Waals surface area (Å²) >= 11 is 1.34. The van der Waals surface area contributed by atoms with Crippen molar-refractivity contribution in [3.63, 3.8) is 0 Å². The van der Waals surface area contributed by atoms with E-state index in [1.54, 1.807) is 18.3 Å². The molecule has 130 valence electrons. The first-order valence-electron chi connectivity index (χ1n) is 8.37. The second-order valence-corrected chi connectivity index (χ2v) is 7.48. The Morgan fingerprint density at radius 3 is 2.60 bits per heavy atom. The van der Waals surface area contributed by atoms with Gasteiger partial charge < -0.3 is 9.80 Å². The van der Waals surface area contributed by atoms with Crippen molar-refractivity contribution in [1.29, 1.82) is 0 Å². The van der Waals surface area contributed by atoms with Crippen molar-refractivity contribution in [3.05, 3.63) is 52.8 Å². The van der Waals surface area contributed by atoms with Gasteiger partial charge in [0, 0.05) is 29.7 Å². The normalized spacial score (nSPS) is 22.3. The summed E-state index contributed by atoms with van der Waals surface area (Å²) in [4.78, 5) is 30.0. The van der Waals surface area contributed by atoms with Gasteiger partial charge in [-0.05, 0) is 48.6 Å². The van der Waals surface area contributed by atoms with E-state index >= 15 is 0 Å². The molecule has 25 heavy (non-hydrogen) atoms. The number of piperazine rings is 1. The molecule has 2 bridgehead atoms. The number of fused-ring (bicyclic) bond motifs is 2. The highest BCUT2D eigenvalue weighted by Crippen LogP contribution is 2.32. The van der Waals surface area contributed by atoms with E-state index in [0.717, 1.165) is 17.7 Å². The third-order valence-electron chi connectivity index (χ3n) is 4.96. The second kappa shape index (κ2) is 6.55. The number of hydrogen-bond acceptors (Lipinski definition) is 4. The number of rotatable bonds is 3. The number of halogens is 1. The van der Waals surface area contributed by atoms with Crippen LogP contribution in [0.15, 0.2) is 36.5 Å². The molecule has 1 aromatic heterocycles. The van der Waals surface area contributed by atoms with E-state index in [9.17, 15) is 14.0 Å². The molecule has 3 heterocycles. The fourth-order valence-electron chi connectivity index (χ4n) is 3.80. The highest BCUT2D eigenvalue weighted by Gasteiger charge is 2.43. The average molecular weight is 359 g/mol. The summed E-state index contributed by atoms with van der Waals surface area (Å²) in [6.45, 7) is 1.10. The molecular formula is C18H18FN3O2S. The first kappa shape index (κ1) is 16.2. The van der Waals surface area contributed by atoms with Gasteiger partial charge in [-0.15, -0.1) is 0 Å². The van der Waals surface area contributed by atoms with Crippen LogP contribution in [0.1, 0.15) is 28.1 Å². The van der Waals surface area contributed by atoms with E-state index in [-0.39, 0.29) is 23.9 Å². The monoisotopic (exact) mass is 359 g/mol. The number of hydrogen-bond donors (Lipinski definition) is 0. The van der Waals surface area contributed by atoms with Crippen LogP contribution in [0.25, 0.3) is 0 Å². The lowest BCUT2D eigenvalue weighted by Gasteiger charge is -2.41. The summed E-state index contributed by atoms with van der Waals surface area (Å²) in [6, 6.07) is 7.71. The minimum atomic E-state index is -0.406. The molecule has 0 aliphatic carbocycles. The van der Waals surface area contributed by atoms with E-state index < -0.39 is 5.82 Å². The number of carbonyl (C=O) groups is 2. The van der Waals surface area contributed by atoms with Crippen molar-refractivity contribution >= 4 is 23.3 Å². The molecule has 0 N–H and O–H groups in total. The molecule has 2 aromatic rings. The summed E-state index contributed by atoms with van der Waals surface area (Å²) in [5, 5.41) is 0. The summed E-state index contributed by atoms with van der Waals surface area (Å²) in [5.41, 5.74) is 0.376. The van der Waals surface area contributed by atoms with E-state index in [0.29, 0.717) is 25.1 Å². The maximum absolute atomic E-state index is 13.4. The number of amides is 2. The van der Waals surface area contributed by atoms with Crippen LogP contribution in [0.3, 0.4) is 0 Å². The zero-order valence-corrected chi connectivity index (χ0v) is 14.4. The lowest BCUT2D eigenvalue weighted by Crippen LogP contribution is -2.57. The standard InChI is InChI=1S/C18H18FN3O2S/c19-13-3-1-2-12(8-13)18(24)22-14-4-5-15(22)11-21(10-14)17(23)9-16-6-7-20-25-16/h1-3,6-8,14-15H,4-5,9-11H2. The fourth-order valence-corrected chi connectivity index (χ4v) is 4.37. The quantitative estimate of drug-likeness (QED) is 0.845. The van der Waals surface area contributed by atoms with Gasteiger partial charge >= 0.3 is 0 Å². The molecule has 0 spiro atoms. The first-order valence-corrected chi connectivity index (χ1v) is 9.15. The van der Waals surface area contributed by atoms with Crippen LogP contribution >= 0.6 is 11.5 Å². The smallest absolute Gasteiger partial charge is 0.254 e. The summed E-state index contributed by atoms with van der Waals surface area (Å²) in [7, 11) is 0. The number of carbonyl (C=O) groups excluding carboxylic acids is 2. The predicted molar refractivity (Wildman–Crippen MR) is 91.8 cm³/mol. The molecule has 2 aliphatic heterocycles. The van der Waals surface area contributed by atoms with Crippen molar-refractivity contribution < 1.29 is 14.0 Å². The van der Waals surface area contributed by atoms with Gasteiger partial charge in [0.2, 0.25) is 5.91 Å². The third-order valence-corrected chi connectivity index (χ3v) is 5.70. The van der Waals surface area contributed by atoms with E-state index in [2.05, 4.69) is 4.37 Å². The van der Waals surface area contributed by atoms with Gasteiger partial charge in [0.15, 0.2) is 0 Å². The second-order valence-electron chi connectivity index (χ2n) is 6.56. The maximum Gasteiger partial charge on any atom is 0.254 e. The Kier molecular flexibility index (Phi) is 4.25. The Hall–Kier alpha value is -2.28. The van der Waals surface area contributed by atoms with Crippen molar-refractivity contribution in [2.45, 2.75) is 31.3 Å². The van der Waals surface area contributed by atoms with Gasteiger partial charge in [-0.2, -0.15) is 0 Å². The zero-order valence-electron chi connectivity index (χ0n) is 13.6. The van der Waals surface area contributed by atoms with Crippen LogP contribution in [0.4, 0.5) is 4.39 Å². The summed E-state index contributed by atoms with van der Waals surface area (Å²) < 4.78 is 17.5. The Morgan fingerprint density at radius 1 is 1.20 bits per heavy atom. The Bertz CT molecular complexity index is 781. The van der Waals surface area contributed by atoms with Crippen LogP contribution in [-0.4, -0.2) is 51.2 Å². The van der Waals surface area contributed by atoms with Gasteiger partial charge in [-0.1, -0.05) is 6.07 Å². The Morgan fingerprint density at radius 2 is 1.96 bits per heavy atom. The molecule has 5 nitrogen and oxygen atoms in total. The van der Waals surface area contributed by atoms with Crippen LogP contribution < -0.4 is 0 Å². The van der Waals surface area contributed by atoms with Gasteiger partial charge in [0.25, 0.3) is 5.91 Å². The zero-order chi connectivity index (χ0) is 17.4. The van der Waals surface area contributed by atoms with Crippen LogP contribution in [-0.2, 0) is 11.2 Å². The minimum absolute atomic E-state index is 0.0138. The van der Waals surface area contributed by atoms with Crippen LogP contribution in [0.2, 0.25) is 0 Å². The van der Waals surface area contributed by atoms with Crippen molar-refractivity contribution in [3.8, 4) is 0 Å². The molecule has 4 rings (SSSR count). The van der Waals surface area contributed by atoms with Gasteiger partial charge in [0.05, 0.1) is 18.5 Å². The molecule has 0 radical (unpaired) electrons. The molecule has 2 atom stereocenters. The van der Waals surface area contributed by atoms with E-state index in [1.165, 1.54) is 23.7 Å². The number of nitrogens with zero attached hydrogens (tertiary/aromatic N) is 3. The van der Waals surface area contributed by atoms with E-state index in [4.69, 9.17) is 0 Å². The summed E-state index contributed by atoms with van der Waals surface area (Å²) in [5.74, 6) is -0.461. The van der Waals surface area contributed by atoms with Gasteiger partial charge in [-0.3, -0.25) is 9.59 Å². The predicted octanol–water partition coefficient (Wildman–Crippen LogP) is 2.34. The minimum Gasteiger partial charge on any atom is -0.338 e. The van der Waals surface area contributed by atoms with Crippen LogP contribution in [0, 0.1) is 5.82 Å². The highest BCUT2D eigenvalue weighted by atomic mass is 32.1. The molecule has 2 fully saturated rings. The topological polar surface area (TPSA) is 53.5 Å². The molecule has 0 saturated carbocycles. The largest absolute Gasteiger partial charge is 0.338 e. The lowest BCUT2D eigenvalue weighted by atomic mass is 10.1. The Labute approximate surface area is 149 Å². The molecular weight excluding hydrogens is 341 g/mol. The number of likely N-dealkylation sites (tertiary alicyclic amines) is 1. The molecule has 2 aliphatic rings. The molecule has 2 unspecified atom stereocenters. The molecule has 2 amide bonds. The SMILES string of the molecule is O=C(Cc1ccns1)N1CC2CCC(C1)N2C(=O)c1cccc(F)c1. The maximum atomic E-state index is 13.4. The third kappa shape index (κ3) is 3.16. The Balaban J connectivity index is 1.46. The highest BCUT2D eigenvalue weighted by molar-refractivity contribution is 7.05. The number of benzene rings is 1. The molecule has 7 heteroatoms.